The summed E-state index contributed by atoms with van der Waals surface area (Å²) in [6.45, 7) is 3.40. The van der Waals surface area contributed by atoms with Crippen molar-refractivity contribution in [3.63, 3.8) is 0 Å². The highest BCUT2D eigenvalue weighted by Crippen LogP contribution is 2.43. The number of likely N-dealkylation sites (tertiary alicyclic amines) is 1. The van der Waals surface area contributed by atoms with Crippen LogP contribution in [0.4, 0.5) is 4.39 Å². The lowest BCUT2D eigenvalue weighted by molar-refractivity contribution is -0.133. The topological polar surface area (TPSA) is 65.4 Å². The molecule has 4 atom stereocenters. The van der Waals surface area contributed by atoms with E-state index in [1.165, 1.54) is 12.1 Å². The lowest BCUT2D eigenvalue weighted by atomic mass is 9.91. The van der Waals surface area contributed by atoms with E-state index in [0.717, 1.165) is 29.4 Å². The molecule has 0 bridgehead atoms. The maximum absolute atomic E-state index is 13.5. The third kappa shape index (κ3) is 2.65. The first-order chi connectivity index (χ1) is 12.0. The van der Waals surface area contributed by atoms with Gasteiger partial charge in [0.15, 0.2) is 0 Å². The van der Waals surface area contributed by atoms with Crippen molar-refractivity contribution in [2.75, 3.05) is 13.1 Å². The van der Waals surface area contributed by atoms with E-state index in [1.807, 2.05) is 28.4 Å². The highest BCUT2D eigenvalue weighted by Gasteiger charge is 2.50. The van der Waals surface area contributed by atoms with E-state index in [2.05, 4.69) is 17.8 Å². The van der Waals surface area contributed by atoms with Crippen LogP contribution in [0.2, 0.25) is 0 Å². The van der Waals surface area contributed by atoms with Crippen LogP contribution in [0.1, 0.15) is 31.2 Å². The summed E-state index contributed by atoms with van der Waals surface area (Å²) in [4.78, 5) is 17.9. The summed E-state index contributed by atoms with van der Waals surface area (Å²) in [5.74, 6) is -0.0978. The van der Waals surface area contributed by atoms with Crippen LogP contribution in [0.25, 0.3) is 10.9 Å². The Hall–Kier alpha value is -1.57. The van der Waals surface area contributed by atoms with Crippen LogP contribution in [0.3, 0.4) is 0 Å². The molecule has 134 valence electrons. The summed E-state index contributed by atoms with van der Waals surface area (Å²) in [7, 11) is 0. The predicted octanol–water partition coefficient (Wildman–Crippen LogP) is 2.26. The molecule has 3 N–H and O–H groups in total. The second-order valence-corrected chi connectivity index (χ2v) is 7.57. The molecule has 2 aliphatic heterocycles. The van der Waals surface area contributed by atoms with E-state index >= 15 is 0 Å². The molecular formula is C18H23FN4OS. The van der Waals surface area contributed by atoms with Gasteiger partial charge in [0.05, 0.1) is 12.1 Å². The number of nitrogens with two attached hydrogens (primary N) is 1. The molecule has 1 amide bonds. The van der Waals surface area contributed by atoms with E-state index in [1.54, 1.807) is 0 Å². The number of aromatic nitrogens is 1. The zero-order valence-electron chi connectivity index (χ0n) is 14.2. The molecule has 2 fully saturated rings. The summed E-state index contributed by atoms with van der Waals surface area (Å²) >= 11 is 4.65. The van der Waals surface area contributed by atoms with Gasteiger partial charge in [0.1, 0.15) is 5.82 Å². The monoisotopic (exact) mass is 362 g/mol. The van der Waals surface area contributed by atoms with Crippen LogP contribution >= 0.6 is 12.8 Å². The number of hydrogen-bond donors (Lipinski definition) is 3. The molecule has 2 aromatic rings. The number of amides is 1. The van der Waals surface area contributed by atoms with Gasteiger partial charge in [-0.2, -0.15) is 0 Å². The van der Waals surface area contributed by atoms with Gasteiger partial charge in [-0.05, 0) is 36.6 Å². The van der Waals surface area contributed by atoms with Gasteiger partial charge < -0.3 is 15.6 Å². The van der Waals surface area contributed by atoms with E-state index < -0.39 is 6.04 Å². The first-order valence-electron chi connectivity index (χ1n) is 8.79. The number of rotatable bonds is 3. The van der Waals surface area contributed by atoms with E-state index in [-0.39, 0.29) is 29.7 Å². The normalized spacial score (nSPS) is 27.8. The summed E-state index contributed by atoms with van der Waals surface area (Å²) < 4.78 is 15.5. The van der Waals surface area contributed by atoms with E-state index in [0.29, 0.717) is 13.0 Å². The molecule has 2 aliphatic rings. The summed E-state index contributed by atoms with van der Waals surface area (Å²) in [6, 6.07) is 4.64. The zero-order valence-corrected chi connectivity index (χ0v) is 15.0. The number of fused-ring (bicyclic) bond motifs is 2. The van der Waals surface area contributed by atoms with Gasteiger partial charge in [-0.1, -0.05) is 19.7 Å². The quantitative estimate of drug-likeness (QED) is 0.734. The van der Waals surface area contributed by atoms with Gasteiger partial charge in [0.25, 0.3) is 0 Å². The zero-order chi connectivity index (χ0) is 17.7. The van der Waals surface area contributed by atoms with E-state index in [9.17, 15) is 9.18 Å². The molecule has 25 heavy (non-hydrogen) atoms. The minimum atomic E-state index is -0.453. The number of thiol groups is 1. The van der Waals surface area contributed by atoms with Crippen molar-refractivity contribution < 1.29 is 9.18 Å². The fraction of sp³-hybridized carbons (Fsp3) is 0.500. The van der Waals surface area contributed by atoms with Crippen molar-refractivity contribution in [1.82, 2.24) is 14.2 Å². The fourth-order valence-corrected chi connectivity index (χ4v) is 4.84. The Balaban J connectivity index is 1.72. The Morgan fingerprint density at radius 3 is 3.08 bits per heavy atom. The molecule has 2 saturated heterocycles. The first kappa shape index (κ1) is 16.9. The first-order valence-corrected chi connectivity index (χ1v) is 9.19. The van der Waals surface area contributed by atoms with Crippen molar-refractivity contribution in [2.24, 2.45) is 5.73 Å². The van der Waals surface area contributed by atoms with E-state index in [4.69, 9.17) is 5.73 Å². The van der Waals surface area contributed by atoms with Crippen LogP contribution < -0.4 is 5.73 Å². The largest absolute Gasteiger partial charge is 0.361 e. The van der Waals surface area contributed by atoms with Crippen LogP contribution in [-0.2, 0) is 4.79 Å². The van der Waals surface area contributed by atoms with Crippen LogP contribution in [-0.4, -0.2) is 51.3 Å². The van der Waals surface area contributed by atoms with Crippen molar-refractivity contribution in [2.45, 2.75) is 43.8 Å². The molecule has 1 aromatic carbocycles. The number of benzene rings is 1. The van der Waals surface area contributed by atoms with Gasteiger partial charge in [-0.3, -0.25) is 4.79 Å². The lowest BCUT2D eigenvalue weighted by Crippen LogP contribution is -2.48. The summed E-state index contributed by atoms with van der Waals surface area (Å²) in [5, 5.41) is 1.01. The van der Waals surface area contributed by atoms with Gasteiger partial charge >= 0.3 is 0 Å². The highest BCUT2D eigenvalue weighted by atomic mass is 32.1. The fourth-order valence-electron chi connectivity index (χ4n) is 4.41. The number of carbonyl (C=O) groups excluding carboxylic acids is 1. The van der Waals surface area contributed by atoms with Crippen LogP contribution in [0, 0.1) is 5.82 Å². The molecule has 0 saturated carbocycles. The van der Waals surface area contributed by atoms with Crippen molar-refractivity contribution in [1.29, 1.82) is 0 Å². The SMILES string of the molecule is CC[C@H](N)C(=O)N1CC[C@@H]2[C@H]1[C@H](c1c[nH]c3cc(F)ccc13)CN2S. The number of carbonyl (C=O) groups is 1. The average molecular weight is 362 g/mol. The van der Waals surface area contributed by atoms with Crippen molar-refractivity contribution >= 4 is 29.6 Å². The number of hydrogen-bond acceptors (Lipinski definition) is 4. The molecule has 0 aliphatic carbocycles. The van der Waals surface area contributed by atoms with Gasteiger partial charge in [-0.15, -0.1) is 0 Å². The Kier molecular flexibility index (Phi) is 4.25. The number of nitrogens with zero attached hydrogens (tertiary/aromatic N) is 2. The van der Waals surface area contributed by atoms with Crippen molar-refractivity contribution in [3.05, 3.63) is 35.8 Å². The Labute approximate surface area is 151 Å². The molecular weight excluding hydrogens is 339 g/mol. The Morgan fingerprint density at radius 2 is 2.32 bits per heavy atom. The van der Waals surface area contributed by atoms with Crippen LogP contribution in [0.15, 0.2) is 24.4 Å². The van der Waals surface area contributed by atoms with Gasteiger partial charge in [0.2, 0.25) is 5.91 Å². The number of aromatic amines is 1. The summed E-state index contributed by atoms with van der Waals surface area (Å²) in [6.07, 6.45) is 3.48. The molecule has 4 rings (SSSR count). The van der Waals surface area contributed by atoms with Gasteiger partial charge in [0, 0.05) is 42.1 Å². The number of H-pyrrole nitrogens is 1. The predicted molar refractivity (Wildman–Crippen MR) is 98.9 cm³/mol. The van der Waals surface area contributed by atoms with Crippen molar-refractivity contribution in [3.8, 4) is 0 Å². The standard InChI is InChI=1S/C18H23FN4OS/c1-2-14(20)18(24)22-6-5-16-17(22)13(9-23(16)25)12-8-21-15-7-10(19)3-4-11(12)15/h3-4,7-8,13-14,16-17,21,25H,2,5-6,9,20H2,1H3/t13-,14-,16+,17+/m0/s1. The second kappa shape index (κ2) is 6.30. The molecule has 0 spiro atoms. The number of nitrogens with one attached hydrogen (secondary N) is 1. The molecule has 5 nitrogen and oxygen atoms in total. The lowest BCUT2D eigenvalue weighted by Gasteiger charge is -2.30. The maximum atomic E-state index is 13.5. The maximum Gasteiger partial charge on any atom is 0.239 e. The molecule has 0 radical (unpaired) electrons. The highest BCUT2D eigenvalue weighted by molar-refractivity contribution is 7.77. The molecule has 0 unspecified atom stereocenters. The van der Waals surface area contributed by atoms with Crippen LogP contribution in [0.5, 0.6) is 0 Å². The minimum Gasteiger partial charge on any atom is -0.361 e. The smallest absolute Gasteiger partial charge is 0.239 e. The second-order valence-electron chi connectivity index (χ2n) is 7.06. The third-order valence-corrected chi connectivity index (χ3v) is 6.17. The Bertz CT molecular complexity index is 809. The minimum absolute atomic E-state index is 0.0227. The molecule has 3 heterocycles. The summed E-state index contributed by atoms with van der Waals surface area (Å²) in [5.41, 5.74) is 7.91. The average Bonchev–Trinajstić information content (AvgIpc) is 3.28. The van der Waals surface area contributed by atoms with Gasteiger partial charge in [-0.25, -0.2) is 8.70 Å². The molecule has 7 heteroatoms. The number of halogens is 1. The third-order valence-electron chi connectivity index (χ3n) is 5.71. The Morgan fingerprint density at radius 1 is 1.52 bits per heavy atom. The molecule has 1 aromatic heterocycles.